The molecule has 0 bridgehead atoms. The number of hydrazone groups is 1. The number of carbonyl (C=O) groups excluding carboxylic acids is 1. The molecule has 3 N–H and O–H groups in total. The van der Waals surface area contributed by atoms with Crippen molar-refractivity contribution < 1.29 is 9.53 Å². The predicted molar refractivity (Wildman–Crippen MR) is 90.4 cm³/mol. The summed E-state index contributed by atoms with van der Waals surface area (Å²) in [4.78, 5) is 12.0. The summed E-state index contributed by atoms with van der Waals surface area (Å²) in [5, 5.41) is 4.46. The Morgan fingerprint density at radius 3 is 2.68 bits per heavy atom. The lowest BCUT2D eigenvalue weighted by Gasteiger charge is -2.05. The van der Waals surface area contributed by atoms with Gasteiger partial charge in [-0.2, -0.15) is 5.10 Å². The summed E-state index contributed by atoms with van der Waals surface area (Å²) in [5.41, 5.74) is 8.84. The highest BCUT2D eigenvalue weighted by Crippen LogP contribution is 2.15. The molecule has 2 aromatic rings. The minimum atomic E-state index is -0.466. The molecule has 112 valence electrons. The normalized spacial score (nSPS) is 10.4. The monoisotopic (exact) mass is 333 g/mol. The van der Waals surface area contributed by atoms with Crippen LogP contribution < -0.4 is 15.9 Å². The van der Waals surface area contributed by atoms with Crippen molar-refractivity contribution in [1.82, 2.24) is 5.43 Å². The van der Waals surface area contributed by atoms with E-state index >= 15 is 0 Å². The first-order valence-corrected chi connectivity index (χ1v) is 6.99. The number of nitrogens with two attached hydrogens (primary N) is 1. The second kappa shape index (κ2) is 7.53. The maximum Gasteiger partial charge on any atom is 0.343 e. The molecule has 0 aliphatic carbocycles. The van der Waals surface area contributed by atoms with Crippen LogP contribution >= 0.6 is 23.8 Å². The smallest absolute Gasteiger partial charge is 0.343 e. The molecule has 0 heterocycles. The Kier molecular flexibility index (Phi) is 5.46. The molecule has 0 amide bonds. The van der Waals surface area contributed by atoms with Crippen LogP contribution in [0.25, 0.3) is 0 Å². The fraction of sp³-hybridized carbons (Fsp3) is 0. The fourth-order valence-corrected chi connectivity index (χ4v) is 1.76. The average Bonchev–Trinajstić information content (AvgIpc) is 2.48. The summed E-state index contributed by atoms with van der Waals surface area (Å²) in [6.45, 7) is 0. The number of hydrogen-bond donors (Lipinski definition) is 2. The van der Waals surface area contributed by atoms with Crippen LogP contribution in [0.15, 0.2) is 53.6 Å². The van der Waals surface area contributed by atoms with Gasteiger partial charge in [-0.15, -0.1) is 0 Å². The second-order valence-corrected chi connectivity index (χ2v) is 5.08. The van der Waals surface area contributed by atoms with Crippen LogP contribution in [-0.2, 0) is 0 Å². The van der Waals surface area contributed by atoms with Gasteiger partial charge in [-0.25, -0.2) is 4.79 Å². The average molecular weight is 334 g/mol. The molecule has 7 heteroatoms. The van der Waals surface area contributed by atoms with Crippen LogP contribution in [0.1, 0.15) is 15.9 Å². The van der Waals surface area contributed by atoms with Crippen molar-refractivity contribution in [3.8, 4) is 5.75 Å². The number of nitrogens with zero attached hydrogens (tertiary/aromatic N) is 1. The van der Waals surface area contributed by atoms with Gasteiger partial charge < -0.3 is 10.5 Å². The highest BCUT2D eigenvalue weighted by Gasteiger charge is 2.08. The van der Waals surface area contributed by atoms with E-state index < -0.39 is 5.97 Å². The molecule has 2 aromatic carbocycles. The van der Waals surface area contributed by atoms with Crippen molar-refractivity contribution in [1.29, 1.82) is 0 Å². The molecule has 0 atom stereocenters. The molecule has 0 aliphatic rings. The minimum Gasteiger partial charge on any atom is -0.423 e. The van der Waals surface area contributed by atoms with E-state index in [0.29, 0.717) is 16.3 Å². The van der Waals surface area contributed by atoms with E-state index in [0.717, 1.165) is 5.56 Å². The van der Waals surface area contributed by atoms with Crippen LogP contribution in [0.2, 0.25) is 5.02 Å². The van der Waals surface area contributed by atoms with E-state index in [1.54, 1.807) is 48.5 Å². The van der Waals surface area contributed by atoms with Crippen molar-refractivity contribution in [2.45, 2.75) is 0 Å². The summed E-state index contributed by atoms with van der Waals surface area (Å²) < 4.78 is 5.29. The van der Waals surface area contributed by atoms with Gasteiger partial charge in [0.05, 0.1) is 11.8 Å². The summed E-state index contributed by atoms with van der Waals surface area (Å²) in [6.07, 6.45) is 1.51. The molecule has 5 nitrogen and oxygen atoms in total. The van der Waals surface area contributed by atoms with E-state index in [-0.39, 0.29) is 5.11 Å². The van der Waals surface area contributed by atoms with Crippen molar-refractivity contribution >= 4 is 41.1 Å². The zero-order chi connectivity index (χ0) is 15.9. The Bertz CT molecular complexity index is 717. The Labute approximate surface area is 137 Å². The van der Waals surface area contributed by atoms with Gasteiger partial charge in [0, 0.05) is 5.02 Å². The summed E-state index contributed by atoms with van der Waals surface area (Å²) in [6, 6.07) is 13.3. The largest absolute Gasteiger partial charge is 0.423 e. The summed E-state index contributed by atoms with van der Waals surface area (Å²) >= 11 is 10.4. The number of esters is 1. The Hall–Kier alpha value is -2.44. The zero-order valence-electron chi connectivity index (χ0n) is 11.3. The highest BCUT2D eigenvalue weighted by molar-refractivity contribution is 7.80. The standard InChI is InChI=1S/C15H12ClN3O2S/c16-12-6-4-11(5-7-12)14(20)21-13-3-1-2-10(8-13)9-18-19-15(17)22/h1-9H,(H3,17,19,22)/b18-9-. The van der Waals surface area contributed by atoms with Gasteiger partial charge in [0.15, 0.2) is 5.11 Å². The van der Waals surface area contributed by atoms with Gasteiger partial charge in [0.1, 0.15) is 5.75 Å². The number of hydrogen-bond acceptors (Lipinski definition) is 4. The molecular weight excluding hydrogens is 322 g/mol. The number of carbonyl (C=O) groups is 1. The molecule has 0 spiro atoms. The van der Waals surface area contributed by atoms with Gasteiger partial charge in [0.2, 0.25) is 0 Å². The van der Waals surface area contributed by atoms with Crippen LogP contribution in [-0.4, -0.2) is 17.3 Å². The number of thiocarbonyl (C=S) groups is 1. The van der Waals surface area contributed by atoms with E-state index in [1.165, 1.54) is 6.21 Å². The molecule has 0 aromatic heterocycles. The van der Waals surface area contributed by atoms with Crippen LogP contribution in [0.5, 0.6) is 5.75 Å². The summed E-state index contributed by atoms with van der Waals surface area (Å²) in [5.74, 6) is -0.0637. The lowest BCUT2D eigenvalue weighted by atomic mass is 10.2. The van der Waals surface area contributed by atoms with E-state index in [2.05, 4.69) is 22.7 Å². The Balaban J connectivity index is 2.06. The van der Waals surface area contributed by atoms with E-state index in [9.17, 15) is 4.79 Å². The Morgan fingerprint density at radius 2 is 2.00 bits per heavy atom. The van der Waals surface area contributed by atoms with Crippen LogP contribution in [0.3, 0.4) is 0 Å². The van der Waals surface area contributed by atoms with E-state index in [4.69, 9.17) is 22.1 Å². The highest BCUT2D eigenvalue weighted by atomic mass is 35.5. The van der Waals surface area contributed by atoms with Gasteiger partial charge in [-0.05, 0) is 54.2 Å². The lowest BCUT2D eigenvalue weighted by Crippen LogP contribution is -2.23. The molecule has 22 heavy (non-hydrogen) atoms. The number of nitrogens with one attached hydrogen (secondary N) is 1. The Morgan fingerprint density at radius 1 is 1.27 bits per heavy atom. The van der Waals surface area contributed by atoms with Crippen LogP contribution in [0, 0.1) is 0 Å². The molecule has 0 saturated heterocycles. The second-order valence-electron chi connectivity index (χ2n) is 4.20. The van der Waals surface area contributed by atoms with Crippen molar-refractivity contribution in [3.05, 3.63) is 64.7 Å². The minimum absolute atomic E-state index is 0.0709. The van der Waals surface area contributed by atoms with Crippen LogP contribution in [0.4, 0.5) is 0 Å². The molecule has 0 aliphatic heterocycles. The summed E-state index contributed by atoms with van der Waals surface area (Å²) in [7, 11) is 0. The maximum atomic E-state index is 12.0. The molecular formula is C15H12ClN3O2S. The van der Waals surface area contributed by atoms with Crippen molar-refractivity contribution in [3.63, 3.8) is 0 Å². The predicted octanol–water partition coefficient (Wildman–Crippen LogP) is 2.73. The lowest BCUT2D eigenvalue weighted by molar-refractivity contribution is 0.0735. The van der Waals surface area contributed by atoms with Crippen molar-refractivity contribution in [2.24, 2.45) is 10.8 Å². The fourth-order valence-electron chi connectivity index (χ4n) is 1.58. The van der Waals surface area contributed by atoms with Gasteiger partial charge >= 0.3 is 5.97 Å². The first-order chi connectivity index (χ1) is 10.5. The first-order valence-electron chi connectivity index (χ1n) is 6.21. The van der Waals surface area contributed by atoms with Crippen molar-refractivity contribution in [2.75, 3.05) is 0 Å². The third-order valence-electron chi connectivity index (χ3n) is 2.54. The van der Waals surface area contributed by atoms with Gasteiger partial charge in [0.25, 0.3) is 0 Å². The third kappa shape index (κ3) is 4.83. The first kappa shape index (κ1) is 15.9. The van der Waals surface area contributed by atoms with Gasteiger partial charge in [-0.1, -0.05) is 23.7 Å². The third-order valence-corrected chi connectivity index (χ3v) is 2.88. The quantitative estimate of drug-likeness (QED) is 0.296. The number of rotatable bonds is 4. The number of ether oxygens (including phenoxy) is 1. The zero-order valence-corrected chi connectivity index (χ0v) is 12.9. The molecule has 0 radical (unpaired) electrons. The molecule has 2 rings (SSSR count). The van der Waals surface area contributed by atoms with Gasteiger partial charge in [-0.3, -0.25) is 5.43 Å². The van der Waals surface area contributed by atoms with E-state index in [1.807, 2.05) is 0 Å². The number of benzene rings is 2. The molecule has 0 saturated carbocycles. The topological polar surface area (TPSA) is 76.7 Å². The number of halogens is 1. The maximum absolute atomic E-state index is 12.0. The molecule has 0 fully saturated rings. The molecule has 0 unspecified atom stereocenters. The SMILES string of the molecule is NC(=S)N/N=C\c1cccc(OC(=O)c2ccc(Cl)cc2)c1.